The number of aryl methyl sites for hydroxylation is 1. The summed E-state index contributed by atoms with van der Waals surface area (Å²) in [5.41, 5.74) is 2.22. The first kappa shape index (κ1) is 21.7. The molecule has 0 atom stereocenters. The van der Waals surface area contributed by atoms with Crippen molar-refractivity contribution in [3.63, 3.8) is 0 Å². The normalized spacial score (nSPS) is 15.8. The number of rotatable bonds is 4. The van der Waals surface area contributed by atoms with Crippen LogP contribution in [0.1, 0.15) is 18.5 Å². The van der Waals surface area contributed by atoms with E-state index in [0.717, 1.165) is 28.7 Å². The van der Waals surface area contributed by atoms with Gasteiger partial charge in [-0.3, -0.25) is 9.78 Å². The van der Waals surface area contributed by atoms with Gasteiger partial charge in [0, 0.05) is 30.1 Å². The van der Waals surface area contributed by atoms with E-state index in [1.807, 2.05) is 37.3 Å². The molecule has 4 rings (SSSR count). The van der Waals surface area contributed by atoms with Gasteiger partial charge in [-0.15, -0.1) is 0 Å². The van der Waals surface area contributed by atoms with E-state index in [1.165, 1.54) is 10.4 Å². The van der Waals surface area contributed by atoms with Gasteiger partial charge in [-0.2, -0.15) is 4.31 Å². The van der Waals surface area contributed by atoms with Crippen LogP contribution in [0.5, 0.6) is 0 Å². The van der Waals surface area contributed by atoms with Crippen LogP contribution in [0.3, 0.4) is 0 Å². The molecular weight excluding hydrogens is 441 g/mol. The van der Waals surface area contributed by atoms with Gasteiger partial charge in [-0.25, -0.2) is 12.8 Å². The molecular formula is C22H21ClFN3O3S. The summed E-state index contributed by atoms with van der Waals surface area (Å²) < 4.78 is 40.4. The quantitative estimate of drug-likeness (QED) is 0.625. The van der Waals surface area contributed by atoms with Crippen LogP contribution in [0, 0.1) is 18.7 Å². The van der Waals surface area contributed by atoms with Crippen LogP contribution in [0.25, 0.3) is 10.9 Å². The zero-order valence-corrected chi connectivity index (χ0v) is 18.4. The van der Waals surface area contributed by atoms with Gasteiger partial charge in [-0.1, -0.05) is 29.8 Å². The smallest absolute Gasteiger partial charge is 0.243 e. The number of para-hydroxylation sites is 1. The molecule has 0 saturated carbocycles. The largest absolute Gasteiger partial charge is 0.324 e. The van der Waals surface area contributed by atoms with Crippen LogP contribution in [-0.2, 0) is 14.8 Å². The molecule has 1 saturated heterocycles. The Morgan fingerprint density at radius 1 is 1.16 bits per heavy atom. The molecule has 0 unspecified atom stereocenters. The summed E-state index contributed by atoms with van der Waals surface area (Å²) in [5.74, 6) is -1.14. The molecule has 3 aromatic rings. The summed E-state index contributed by atoms with van der Waals surface area (Å²) in [6.07, 6.45) is 0.772. The van der Waals surface area contributed by atoms with E-state index in [4.69, 9.17) is 11.6 Å². The first-order valence-corrected chi connectivity index (χ1v) is 11.7. The summed E-state index contributed by atoms with van der Waals surface area (Å²) in [6, 6.07) is 12.8. The average molecular weight is 462 g/mol. The number of carbonyl (C=O) groups is 1. The lowest BCUT2D eigenvalue weighted by molar-refractivity contribution is -0.120. The lowest BCUT2D eigenvalue weighted by Crippen LogP contribution is -2.41. The Morgan fingerprint density at radius 2 is 1.90 bits per heavy atom. The minimum Gasteiger partial charge on any atom is -0.324 e. The molecule has 1 amide bonds. The fraction of sp³-hybridized carbons (Fsp3) is 0.273. The van der Waals surface area contributed by atoms with E-state index in [2.05, 4.69) is 10.3 Å². The summed E-state index contributed by atoms with van der Waals surface area (Å²) in [7, 11) is -3.80. The minimum atomic E-state index is -3.80. The van der Waals surface area contributed by atoms with Crippen LogP contribution in [0.15, 0.2) is 53.4 Å². The average Bonchev–Trinajstić information content (AvgIpc) is 2.76. The zero-order valence-electron chi connectivity index (χ0n) is 16.8. The number of benzene rings is 2. The molecule has 9 heteroatoms. The SMILES string of the molecule is Cc1ccc2cccc(NC(=O)C3CCN(S(=O)(=O)c4ccc(F)c(Cl)c4)CC3)c2n1. The highest BCUT2D eigenvalue weighted by Gasteiger charge is 2.32. The van der Waals surface area contributed by atoms with Crippen LogP contribution in [-0.4, -0.2) is 36.7 Å². The number of anilines is 1. The maximum Gasteiger partial charge on any atom is 0.243 e. The van der Waals surface area contributed by atoms with Crippen molar-refractivity contribution in [1.82, 2.24) is 9.29 Å². The molecule has 1 N–H and O–H groups in total. The van der Waals surface area contributed by atoms with Crippen molar-refractivity contribution in [2.75, 3.05) is 18.4 Å². The van der Waals surface area contributed by atoms with Gasteiger partial charge in [0.2, 0.25) is 15.9 Å². The van der Waals surface area contributed by atoms with Crippen molar-refractivity contribution in [1.29, 1.82) is 0 Å². The summed E-state index contributed by atoms with van der Waals surface area (Å²) >= 11 is 5.74. The molecule has 31 heavy (non-hydrogen) atoms. The highest BCUT2D eigenvalue weighted by Crippen LogP contribution is 2.28. The maximum atomic E-state index is 13.4. The Balaban J connectivity index is 1.45. The number of piperidine rings is 1. The lowest BCUT2D eigenvalue weighted by atomic mass is 9.97. The topological polar surface area (TPSA) is 79.4 Å². The van der Waals surface area contributed by atoms with Gasteiger partial charge < -0.3 is 5.32 Å². The molecule has 0 bridgehead atoms. The van der Waals surface area contributed by atoms with E-state index in [1.54, 1.807) is 0 Å². The molecule has 1 aromatic heterocycles. The van der Waals surface area contributed by atoms with Gasteiger partial charge in [0.1, 0.15) is 5.82 Å². The summed E-state index contributed by atoms with van der Waals surface area (Å²) in [6.45, 7) is 2.28. The maximum absolute atomic E-state index is 13.4. The lowest BCUT2D eigenvalue weighted by Gasteiger charge is -2.30. The third-order valence-electron chi connectivity index (χ3n) is 5.47. The molecule has 0 aliphatic carbocycles. The second-order valence-electron chi connectivity index (χ2n) is 7.57. The Hall–Kier alpha value is -2.55. The number of nitrogens with one attached hydrogen (secondary N) is 1. The Morgan fingerprint density at radius 3 is 2.61 bits per heavy atom. The number of pyridine rings is 1. The molecule has 0 radical (unpaired) electrons. The highest BCUT2D eigenvalue weighted by molar-refractivity contribution is 7.89. The van der Waals surface area contributed by atoms with Gasteiger partial charge in [0.25, 0.3) is 0 Å². The predicted octanol–water partition coefficient (Wildman–Crippen LogP) is 4.38. The third kappa shape index (κ3) is 4.42. The third-order valence-corrected chi connectivity index (χ3v) is 7.66. The number of hydrogen-bond donors (Lipinski definition) is 1. The zero-order chi connectivity index (χ0) is 22.2. The number of hydrogen-bond acceptors (Lipinski definition) is 4. The summed E-state index contributed by atoms with van der Waals surface area (Å²) in [4.78, 5) is 17.3. The monoisotopic (exact) mass is 461 g/mol. The first-order valence-electron chi connectivity index (χ1n) is 9.88. The van der Waals surface area contributed by atoms with Crippen molar-refractivity contribution in [3.8, 4) is 0 Å². The van der Waals surface area contributed by atoms with Crippen molar-refractivity contribution < 1.29 is 17.6 Å². The minimum absolute atomic E-state index is 0.0565. The molecule has 162 valence electrons. The standard InChI is InChI=1S/C22H21ClFN3O3S/c1-14-5-6-15-3-2-4-20(21(15)25-14)26-22(28)16-9-11-27(12-10-16)31(29,30)17-7-8-19(24)18(23)13-17/h2-8,13,16H,9-12H2,1H3,(H,26,28). The molecule has 1 aliphatic heterocycles. The highest BCUT2D eigenvalue weighted by atomic mass is 35.5. The van der Waals surface area contributed by atoms with Crippen molar-refractivity contribution in [3.05, 3.63) is 65.1 Å². The van der Waals surface area contributed by atoms with Gasteiger partial charge in [-0.05, 0) is 50.1 Å². The molecule has 1 fully saturated rings. The predicted molar refractivity (Wildman–Crippen MR) is 118 cm³/mol. The van der Waals surface area contributed by atoms with E-state index in [0.29, 0.717) is 18.5 Å². The fourth-order valence-electron chi connectivity index (χ4n) is 3.73. The van der Waals surface area contributed by atoms with Gasteiger partial charge in [0.05, 0.1) is 21.1 Å². The molecule has 2 aromatic carbocycles. The number of amides is 1. The number of carbonyl (C=O) groups excluding carboxylic acids is 1. The fourth-order valence-corrected chi connectivity index (χ4v) is 5.47. The van der Waals surface area contributed by atoms with E-state index in [-0.39, 0.29) is 34.8 Å². The molecule has 0 spiro atoms. The van der Waals surface area contributed by atoms with E-state index < -0.39 is 15.8 Å². The van der Waals surface area contributed by atoms with Crippen molar-refractivity contribution >= 4 is 44.1 Å². The number of sulfonamides is 1. The van der Waals surface area contributed by atoms with Crippen LogP contribution in [0.2, 0.25) is 5.02 Å². The Kier molecular flexibility index (Phi) is 5.96. The summed E-state index contributed by atoms with van der Waals surface area (Å²) in [5, 5.41) is 3.64. The van der Waals surface area contributed by atoms with Crippen LogP contribution < -0.4 is 5.32 Å². The number of aromatic nitrogens is 1. The second-order valence-corrected chi connectivity index (χ2v) is 9.92. The Labute approximate surface area is 185 Å². The van der Waals surface area contributed by atoms with Gasteiger partial charge >= 0.3 is 0 Å². The van der Waals surface area contributed by atoms with Crippen molar-refractivity contribution in [2.24, 2.45) is 5.92 Å². The molecule has 6 nitrogen and oxygen atoms in total. The van der Waals surface area contributed by atoms with Crippen LogP contribution >= 0.6 is 11.6 Å². The van der Waals surface area contributed by atoms with Gasteiger partial charge in [0.15, 0.2) is 0 Å². The van der Waals surface area contributed by atoms with Crippen LogP contribution in [0.4, 0.5) is 10.1 Å². The number of halogens is 2. The Bertz CT molecular complexity index is 1260. The first-order chi connectivity index (χ1) is 14.8. The number of nitrogens with zero attached hydrogens (tertiary/aromatic N) is 2. The van der Waals surface area contributed by atoms with E-state index in [9.17, 15) is 17.6 Å². The molecule has 1 aliphatic rings. The molecule has 2 heterocycles. The second kappa shape index (κ2) is 8.53. The van der Waals surface area contributed by atoms with E-state index >= 15 is 0 Å². The number of fused-ring (bicyclic) bond motifs is 1. The van der Waals surface area contributed by atoms with Crippen molar-refractivity contribution in [2.45, 2.75) is 24.7 Å².